The van der Waals surface area contributed by atoms with Crippen LogP contribution < -0.4 is 0 Å². The maximum Gasteiger partial charge on any atom is 0.238 e. The lowest BCUT2D eigenvalue weighted by atomic mass is 10.0. The lowest BCUT2D eigenvalue weighted by molar-refractivity contribution is 0.953. The summed E-state index contributed by atoms with van der Waals surface area (Å²) in [5, 5.41) is 2.42. The molecule has 0 aliphatic heterocycles. The quantitative estimate of drug-likeness (QED) is 0.255. The van der Waals surface area contributed by atoms with Gasteiger partial charge < -0.3 is 0 Å². The highest BCUT2D eigenvalue weighted by Gasteiger charge is 2.23. The van der Waals surface area contributed by atoms with E-state index < -0.39 is 0 Å². The van der Waals surface area contributed by atoms with E-state index in [0.29, 0.717) is 17.6 Å². The van der Waals surface area contributed by atoms with Gasteiger partial charge in [-0.05, 0) is 46.9 Å². The first kappa shape index (κ1) is 21.0. The number of nitrogens with zero attached hydrogens (tertiary/aromatic N) is 4. The Morgan fingerprint density at radius 3 is 1.84 bits per heavy atom. The van der Waals surface area contributed by atoms with Crippen LogP contribution in [0.1, 0.15) is 11.1 Å². The van der Waals surface area contributed by atoms with Crippen LogP contribution in [-0.4, -0.2) is 19.5 Å². The van der Waals surface area contributed by atoms with E-state index >= 15 is 0 Å². The Morgan fingerprint density at radius 2 is 1.11 bits per heavy atom. The summed E-state index contributed by atoms with van der Waals surface area (Å²) in [5.41, 5.74) is 9.46. The molecular formula is C34H22N4. The van der Waals surface area contributed by atoms with Crippen LogP contribution in [0.5, 0.6) is 0 Å². The molecule has 0 saturated heterocycles. The first-order valence-electron chi connectivity index (χ1n) is 12.9. The fourth-order valence-electron chi connectivity index (χ4n) is 5.71. The molecule has 0 fully saturated rings. The van der Waals surface area contributed by atoms with Crippen molar-refractivity contribution in [2.75, 3.05) is 0 Å². The molecule has 4 heteroatoms. The van der Waals surface area contributed by atoms with E-state index in [2.05, 4.69) is 65.2 Å². The SMILES string of the molecule is c1ccc(-c2nc(-c3ccccc3)nc(-n3c4ccccc4c4cc5c(cc43)-c3ccccc3C5)n2)cc1. The van der Waals surface area contributed by atoms with Gasteiger partial charge in [0.05, 0.1) is 11.0 Å². The van der Waals surface area contributed by atoms with E-state index in [9.17, 15) is 0 Å². The summed E-state index contributed by atoms with van der Waals surface area (Å²) in [4.78, 5) is 15.0. The Morgan fingerprint density at radius 1 is 0.474 bits per heavy atom. The molecular weight excluding hydrogens is 464 g/mol. The maximum atomic E-state index is 5.05. The van der Waals surface area contributed by atoms with Crippen molar-refractivity contribution in [3.05, 3.63) is 132 Å². The van der Waals surface area contributed by atoms with E-state index in [1.165, 1.54) is 33.0 Å². The summed E-state index contributed by atoms with van der Waals surface area (Å²) in [5.74, 6) is 1.94. The molecule has 2 aromatic heterocycles. The van der Waals surface area contributed by atoms with Gasteiger partial charge in [-0.15, -0.1) is 0 Å². The van der Waals surface area contributed by atoms with Crippen molar-refractivity contribution in [1.29, 1.82) is 0 Å². The van der Waals surface area contributed by atoms with Crippen LogP contribution in [0.25, 0.3) is 61.7 Å². The lowest BCUT2D eigenvalue weighted by Crippen LogP contribution is -2.06. The zero-order valence-corrected chi connectivity index (χ0v) is 20.5. The number of benzene rings is 5. The second-order valence-corrected chi connectivity index (χ2v) is 9.73. The summed E-state index contributed by atoms with van der Waals surface area (Å²) in [6.07, 6.45) is 0.961. The van der Waals surface area contributed by atoms with Crippen molar-refractivity contribution in [2.45, 2.75) is 6.42 Å². The minimum atomic E-state index is 0.620. The Hall–Kier alpha value is -5.09. The van der Waals surface area contributed by atoms with Crippen LogP contribution in [0.3, 0.4) is 0 Å². The molecule has 5 aromatic carbocycles. The van der Waals surface area contributed by atoms with Crippen LogP contribution in [0.2, 0.25) is 0 Å². The van der Waals surface area contributed by atoms with E-state index in [0.717, 1.165) is 28.6 Å². The summed E-state index contributed by atoms with van der Waals surface area (Å²) in [7, 11) is 0. The molecule has 0 N–H and O–H groups in total. The van der Waals surface area contributed by atoms with Crippen molar-refractivity contribution in [2.24, 2.45) is 0 Å². The second-order valence-electron chi connectivity index (χ2n) is 9.73. The van der Waals surface area contributed by atoms with Crippen molar-refractivity contribution in [1.82, 2.24) is 19.5 Å². The fraction of sp³-hybridized carbons (Fsp3) is 0.0294. The number of hydrogen-bond donors (Lipinski definition) is 0. The minimum absolute atomic E-state index is 0.620. The predicted octanol–water partition coefficient (Wildman–Crippen LogP) is 7.87. The Bertz CT molecular complexity index is 1930. The van der Waals surface area contributed by atoms with Gasteiger partial charge in [0, 0.05) is 21.9 Å². The van der Waals surface area contributed by atoms with E-state index in [-0.39, 0.29) is 0 Å². The molecule has 0 amide bonds. The van der Waals surface area contributed by atoms with Crippen molar-refractivity contribution < 1.29 is 0 Å². The smallest absolute Gasteiger partial charge is 0.238 e. The fourth-order valence-corrected chi connectivity index (χ4v) is 5.71. The van der Waals surface area contributed by atoms with Gasteiger partial charge >= 0.3 is 0 Å². The van der Waals surface area contributed by atoms with Gasteiger partial charge in [-0.3, -0.25) is 4.57 Å². The second kappa shape index (κ2) is 8.22. The molecule has 178 valence electrons. The largest absolute Gasteiger partial charge is 0.278 e. The summed E-state index contributed by atoms with van der Waals surface area (Å²) < 4.78 is 2.20. The Balaban J connectivity index is 1.45. The van der Waals surface area contributed by atoms with Crippen LogP contribution in [0, 0.1) is 0 Å². The molecule has 0 radical (unpaired) electrons. The summed E-state index contributed by atoms with van der Waals surface area (Å²) in [6.45, 7) is 0. The third-order valence-electron chi connectivity index (χ3n) is 7.47. The average Bonchev–Trinajstić information content (AvgIpc) is 3.51. The maximum absolute atomic E-state index is 5.05. The van der Waals surface area contributed by atoms with Gasteiger partial charge in [-0.25, -0.2) is 4.98 Å². The third kappa shape index (κ3) is 3.20. The van der Waals surface area contributed by atoms with Crippen molar-refractivity contribution in [3.8, 4) is 39.9 Å². The molecule has 0 saturated carbocycles. The standard InChI is InChI=1S/C34H22N4/c1-3-11-22(12-4-1)32-35-33(23-13-5-2-6-14-23)37-34(36-32)38-30-18-10-9-17-27(30)29-20-25-19-24-15-7-8-16-26(24)28(25)21-31(29)38/h1-18,20-21H,19H2. The van der Waals surface area contributed by atoms with Crippen LogP contribution in [0.15, 0.2) is 121 Å². The summed E-state index contributed by atoms with van der Waals surface area (Å²) >= 11 is 0. The van der Waals surface area contributed by atoms with Gasteiger partial charge in [0.15, 0.2) is 11.6 Å². The number of hydrogen-bond acceptors (Lipinski definition) is 3. The molecule has 0 bridgehead atoms. The molecule has 2 heterocycles. The molecule has 8 rings (SSSR count). The molecule has 1 aliphatic rings. The van der Waals surface area contributed by atoms with Gasteiger partial charge in [-0.1, -0.05) is 103 Å². The number of fused-ring (bicyclic) bond motifs is 6. The molecule has 38 heavy (non-hydrogen) atoms. The molecule has 0 spiro atoms. The molecule has 0 atom stereocenters. The number of para-hydroxylation sites is 1. The monoisotopic (exact) mass is 486 g/mol. The predicted molar refractivity (Wildman–Crippen MR) is 153 cm³/mol. The van der Waals surface area contributed by atoms with Crippen LogP contribution in [-0.2, 0) is 6.42 Å². The number of rotatable bonds is 3. The minimum Gasteiger partial charge on any atom is -0.278 e. The zero-order chi connectivity index (χ0) is 25.1. The zero-order valence-electron chi connectivity index (χ0n) is 20.5. The van der Waals surface area contributed by atoms with Gasteiger partial charge in [0.25, 0.3) is 0 Å². The first-order valence-corrected chi connectivity index (χ1v) is 12.9. The lowest BCUT2D eigenvalue weighted by Gasteiger charge is -2.11. The normalized spacial score (nSPS) is 12.1. The van der Waals surface area contributed by atoms with E-state index in [1.807, 2.05) is 60.7 Å². The number of aromatic nitrogens is 4. The van der Waals surface area contributed by atoms with Crippen LogP contribution in [0.4, 0.5) is 0 Å². The molecule has 1 aliphatic carbocycles. The summed E-state index contributed by atoms with van der Waals surface area (Å²) in [6, 6.07) is 42.2. The Kier molecular flexibility index (Phi) is 4.55. The molecule has 0 unspecified atom stereocenters. The topological polar surface area (TPSA) is 43.6 Å². The van der Waals surface area contributed by atoms with Gasteiger partial charge in [-0.2, -0.15) is 9.97 Å². The first-order chi connectivity index (χ1) is 18.8. The van der Waals surface area contributed by atoms with Crippen LogP contribution >= 0.6 is 0 Å². The van der Waals surface area contributed by atoms with E-state index in [4.69, 9.17) is 15.0 Å². The average molecular weight is 487 g/mol. The van der Waals surface area contributed by atoms with Crippen molar-refractivity contribution in [3.63, 3.8) is 0 Å². The molecule has 4 nitrogen and oxygen atoms in total. The highest BCUT2D eigenvalue weighted by Crippen LogP contribution is 2.42. The van der Waals surface area contributed by atoms with E-state index in [1.54, 1.807) is 0 Å². The van der Waals surface area contributed by atoms with Crippen molar-refractivity contribution >= 4 is 21.8 Å². The Labute approximate surface area is 219 Å². The van der Waals surface area contributed by atoms with Gasteiger partial charge in [0.1, 0.15) is 0 Å². The van der Waals surface area contributed by atoms with Gasteiger partial charge in [0.2, 0.25) is 5.95 Å². The third-order valence-corrected chi connectivity index (χ3v) is 7.47. The molecule has 7 aromatic rings. The highest BCUT2D eigenvalue weighted by atomic mass is 15.2. The highest BCUT2D eigenvalue weighted by molar-refractivity contribution is 6.11.